The maximum atomic E-state index is 14.2. The summed E-state index contributed by atoms with van der Waals surface area (Å²) in [4.78, 5) is 136. The molecule has 1 rings (SSSR count). The Kier molecular flexibility index (Phi) is 30.0. The normalized spacial score (nSPS) is 24.2. The lowest BCUT2D eigenvalue weighted by molar-refractivity contribution is -0.155. The number of esters is 1. The highest BCUT2D eigenvalue weighted by atomic mass is 16.5. The van der Waals surface area contributed by atoms with Crippen LogP contribution in [0.15, 0.2) is 0 Å². The number of carboxylic acid groups (broad SMARTS) is 2. The van der Waals surface area contributed by atoms with Crippen LogP contribution in [0.25, 0.3) is 0 Å². The van der Waals surface area contributed by atoms with Crippen molar-refractivity contribution in [2.24, 2.45) is 35.5 Å². The monoisotopic (exact) mass is 1020 g/mol. The summed E-state index contributed by atoms with van der Waals surface area (Å²) >= 11 is 0. The number of rotatable bonds is 23. The van der Waals surface area contributed by atoms with Crippen molar-refractivity contribution in [2.45, 2.75) is 234 Å². The summed E-state index contributed by atoms with van der Waals surface area (Å²) in [6.45, 7) is 22.0. The minimum atomic E-state index is -1.72. The zero-order valence-corrected chi connectivity index (χ0v) is 45.3. The highest BCUT2D eigenvalue weighted by Crippen LogP contribution is 2.19. The van der Waals surface area contributed by atoms with Crippen LogP contribution in [0.1, 0.15) is 186 Å². The minimum absolute atomic E-state index is 0.0390. The number of nitrogens with one attached hydrogen (secondary N) is 7. The number of amides is 7. The van der Waals surface area contributed by atoms with Gasteiger partial charge in [-0.2, -0.15) is 0 Å². The van der Waals surface area contributed by atoms with Crippen LogP contribution in [0.5, 0.6) is 0 Å². The van der Waals surface area contributed by atoms with Gasteiger partial charge in [-0.25, -0.2) is 4.79 Å². The highest BCUT2D eigenvalue weighted by molar-refractivity contribution is 5.98. The molecule has 0 aromatic carbocycles. The predicted molar refractivity (Wildman–Crippen MR) is 272 cm³/mol. The molecular formula is C52H91N7O13. The Morgan fingerprint density at radius 1 is 0.458 bits per heavy atom. The maximum Gasteiger partial charge on any atom is 0.328 e. The summed E-state index contributed by atoms with van der Waals surface area (Å²) < 4.78 is 6.03. The van der Waals surface area contributed by atoms with Gasteiger partial charge in [0.2, 0.25) is 41.4 Å². The van der Waals surface area contributed by atoms with Gasteiger partial charge in [-0.1, -0.05) is 122 Å². The molecule has 1 aliphatic rings. The molecule has 1 fully saturated rings. The zero-order valence-electron chi connectivity index (χ0n) is 45.3. The van der Waals surface area contributed by atoms with Crippen molar-refractivity contribution in [2.75, 3.05) is 0 Å². The molecule has 9 N–H and O–H groups in total. The fourth-order valence-electron chi connectivity index (χ4n) is 8.40. The fourth-order valence-corrected chi connectivity index (χ4v) is 8.40. The van der Waals surface area contributed by atoms with Crippen molar-refractivity contribution in [3.63, 3.8) is 0 Å². The number of hydrogen-bond donors (Lipinski definition) is 9. The van der Waals surface area contributed by atoms with Crippen LogP contribution in [0.4, 0.5) is 0 Å². The van der Waals surface area contributed by atoms with E-state index in [0.29, 0.717) is 12.3 Å². The Morgan fingerprint density at radius 3 is 1.31 bits per heavy atom. The molecule has 1 aliphatic heterocycles. The number of carbonyl (C=O) groups excluding carboxylic acids is 8. The molecule has 1 unspecified atom stereocenters. The first-order valence-corrected chi connectivity index (χ1v) is 26.3. The molecule has 1 saturated heterocycles. The number of ether oxygens (including phenoxy) is 1. The van der Waals surface area contributed by atoms with Crippen LogP contribution in [0.2, 0.25) is 0 Å². The summed E-state index contributed by atoms with van der Waals surface area (Å²) in [5, 5.41) is 37.9. The molecular weight excluding hydrogens is 931 g/mol. The topological polar surface area (TPSA) is 305 Å². The smallest absolute Gasteiger partial charge is 0.328 e. The third-order valence-corrected chi connectivity index (χ3v) is 12.1. The Bertz CT molecular complexity index is 1790. The third kappa shape index (κ3) is 26.9. The average molecular weight is 1020 g/mol. The summed E-state index contributed by atoms with van der Waals surface area (Å²) in [6.07, 6.45) is 3.79. The second-order valence-electron chi connectivity index (χ2n) is 22.1. The predicted octanol–water partition coefficient (Wildman–Crippen LogP) is 4.65. The van der Waals surface area contributed by atoms with Gasteiger partial charge in [0.05, 0.1) is 12.8 Å². The van der Waals surface area contributed by atoms with Crippen LogP contribution >= 0.6 is 0 Å². The first-order valence-electron chi connectivity index (χ1n) is 26.3. The fraction of sp³-hybridized carbons (Fsp3) is 0.808. The summed E-state index contributed by atoms with van der Waals surface area (Å²) in [5.74, 6) is -10.2. The van der Waals surface area contributed by atoms with E-state index in [0.717, 1.165) is 38.5 Å². The minimum Gasteiger partial charge on any atom is -0.481 e. The van der Waals surface area contributed by atoms with Gasteiger partial charge in [-0.15, -0.1) is 0 Å². The number of aliphatic carboxylic acids is 2. The highest BCUT2D eigenvalue weighted by Gasteiger charge is 2.37. The van der Waals surface area contributed by atoms with Crippen LogP contribution in [0, 0.1) is 35.5 Å². The Hall–Kier alpha value is -5.30. The molecule has 0 radical (unpaired) electrons. The van der Waals surface area contributed by atoms with E-state index in [9.17, 15) is 58.2 Å². The van der Waals surface area contributed by atoms with Crippen LogP contribution in [-0.2, 0) is 52.7 Å². The largest absolute Gasteiger partial charge is 0.481 e. The molecule has 0 saturated carbocycles. The maximum absolute atomic E-state index is 14.2. The number of hydrogen-bond acceptors (Lipinski definition) is 11. The first-order chi connectivity index (χ1) is 33.6. The molecule has 0 bridgehead atoms. The van der Waals surface area contributed by atoms with Crippen LogP contribution < -0.4 is 37.2 Å². The summed E-state index contributed by atoms with van der Waals surface area (Å²) in [6, 6.07) is -9.64. The lowest BCUT2D eigenvalue weighted by Crippen LogP contribution is -2.61. The second kappa shape index (κ2) is 33.4. The summed E-state index contributed by atoms with van der Waals surface area (Å²) in [7, 11) is 0. The third-order valence-electron chi connectivity index (χ3n) is 12.1. The van der Waals surface area contributed by atoms with Crippen molar-refractivity contribution in [1.82, 2.24) is 37.2 Å². The second-order valence-corrected chi connectivity index (χ2v) is 22.1. The van der Waals surface area contributed by atoms with E-state index in [2.05, 4.69) is 51.1 Å². The van der Waals surface area contributed by atoms with Crippen molar-refractivity contribution >= 4 is 59.3 Å². The molecule has 20 nitrogen and oxygen atoms in total. The quantitative estimate of drug-likeness (QED) is 0.0498. The number of unbranched alkanes of at least 4 members (excludes halogenated alkanes) is 5. The van der Waals surface area contributed by atoms with Gasteiger partial charge >= 0.3 is 17.9 Å². The van der Waals surface area contributed by atoms with E-state index in [1.807, 2.05) is 13.8 Å². The molecule has 0 aromatic heterocycles. The van der Waals surface area contributed by atoms with Gasteiger partial charge < -0.3 is 52.2 Å². The lowest BCUT2D eigenvalue weighted by Gasteiger charge is -2.29. The Labute approximate surface area is 428 Å². The number of carboxylic acids is 2. The van der Waals surface area contributed by atoms with Crippen molar-refractivity contribution < 1.29 is 62.9 Å². The van der Waals surface area contributed by atoms with E-state index in [1.54, 1.807) is 55.4 Å². The average Bonchev–Trinajstić information content (AvgIpc) is 3.24. The van der Waals surface area contributed by atoms with E-state index >= 15 is 0 Å². The van der Waals surface area contributed by atoms with Crippen molar-refractivity contribution in [1.29, 1.82) is 0 Å². The van der Waals surface area contributed by atoms with E-state index in [4.69, 9.17) is 4.74 Å². The summed E-state index contributed by atoms with van der Waals surface area (Å²) in [5.41, 5.74) is 0. The lowest BCUT2D eigenvalue weighted by atomic mass is 9.98. The standard InChI is InChI=1S/C52H91N7O13/c1-29(2)19-17-15-13-14-16-18-20-35-27-42(60)53-36(21-22-43(61)62)46(65)54-37(23-30(3)4)47(66)56-39(25-32(7)8)50(69)59-45(34(11)12)51(70)57-40(28-44(63)64)49(68)55-38(24-31(5)6)48(67)58-41(26-33(9)10)52(71)72-35/h29-41,45H,13-28H2,1-12H3,(H,53,60)(H,54,65)(H,55,68)(H,56,66)(H,57,70)(H,58,67)(H,59,69)(H,61,62)(H,63,64)/t35-,36+,37+,38-,39-,40+,41+,45?/m0/s1. The molecule has 412 valence electrons. The molecule has 0 aromatic rings. The molecule has 7 amide bonds. The zero-order chi connectivity index (χ0) is 54.8. The molecule has 1 heterocycles. The molecule has 72 heavy (non-hydrogen) atoms. The Morgan fingerprint density at radius 2 is 0.861 bits per heavy atom. The van der Waals surface area contributed by atoms with E-state index < -0.39 is 133 Å². The van der Waals surface area contributed by atoms with Gasteiger partial charge in [0.1, 0.15) is 48.4 Å². The molecule has 20 heteroatoms. The van der Waals surface area contributed by atoms with Gasteiger partial charge in [0, 0.05) is 6.42 Å². The molecule has 0 aliphatic carbocycles. The van der Waals surface area contributed by atoms with E-state index in [1.165, 1.54) is 0 Å². The SMILES string of the molecule is CC(C)CCCCCCCC[C@H]1CC(=O)N[C@H](CCC(=O)O)C(=O)N[C@H](CC(C)C)C(=O)N[C@@H](CC(C)C)C(=O)NC(C(C)C)C(=O)N[C@H](CC(=O)O)C(=O)N[C@@H](CC(C)C)C(=O)N[C@H](CC(C)C)C(=O)O1. The van der Waals surface area contributed by atoms with Crippen molar-refractivity contribution in [3.05, 3.63) is 0 Å². The van der Waals surface area contributed by atoms with Crippen LogP contribution in [0.3, 0.4) is 0 Å². The van der Waals surface area contributed by atoms with Gasteiger partial charge in [0.25, 0.3) is 0 Å². The molecule has 8 atom stereocenters. The molecule has 0 spiro atoms. The van der Waals surface area contributed by atoms with Gasteiger partial charge in [-0.05, 0) is 80.5 Å². The van der Waals surface area contributed by atoms with Crippen molar-refractivity contribution in [3.8, 4) is 0 Å². The number of cyclic esters (lactones) is 1. The number of carbonyl (C=O) groups is 10. The van der Waals surface area contributed by atoms with Gasteiger partial charge in [-0.3, -0.25) is 43.2 Å². The van der Waals surface area contributed by atoms with E-state index in [-0.39, 0.29) is 62.2 Å². The van der Waals surface area contributed by atoms with Crippen LogP contribution in [-0.4, -0.2) is 118 Å². The first kappa shape index (κ1) is 64.7. The Balaban J connectivity index is 3.98. The van der Waals surface area contributed by atoms with Gasteiger partial charge in [0.15, 0.2) is 0 Å².